The van der Waals surface area contributed by atoms with Crippen molar-refractivity contribution >= 4 is 5.97 Å². The van der Waals surface area contributed by atoms with E-state index in [9.17, 15) is 15.0 Å². The number of unbranched alkanes of at least 4 members (excludes halogenated alkanes) is 2. The number of rotatable bonds is 14. The second-order valence-electron chi connectivity index (χ2n) is 8.43. The molecule has 0 spiro atoms. The van der Waals surface area contributed by atoms with Gasteiger partial charge in [-0.1, -0.05) is 54.6 Å². The SMILES string of the molecule is Cc1c(COc2ccc(CNC(CO)C(=O)O)c(OCCCCC#N)c2)cccc1-c1ccccc1. The third kappa shape index (κ3) is 7.57. The minimum absolute atomic E-state index is 0.212. The van der Waals surface area contributed by atoms with Gasteiger partial charge in [-0.3, -0.25) is 10.1 Å². The van der Waals surface area contributed by atoms with Gasteiger partial charge in [-0.15, -0.1) is 0 Å². The molecule has 0 aliphatic rings. The largest absolute Gasteiger partial charge is 0.493 e. The van der Waals surface area contributed by atoms with Crippen LogP contribution in [0, 0.1) is 18.3 Å². The number of carboxylic acid groups (broad SMARTS) is 1. The van der Waals surface area contributed by atoms with Crippen LogP contribution in [0.2, 0.25) is 0 Å². The number of aliphatic hydroxyl groups is 1. The van der Waals surface area contributed by atoms with Crippen molar-refractivity contribution in [3.05, 3.63) is 83.4 Å². The van der Waals surface area contributed by atoms with Crippen molar-refractivity contribution in [2.45, 2.75) is 45.4 Å². The van der Waals surface area contributed by atoms with Gasteiger partial charge in [0.15, 0.2) is 0 Å². The van der Waals surface area contributed by atoms with Crippen molar-refractivity contribution in [2.24, 2.45) is 0 Å². The Kier molecular flexibility index (Phi) is 10.3. The molecule has 188 valence electrons. The first-order valence-electron chi connectivity index (χ1n) is 12.0. The van der Waals surface area contributed by atoms with Crippen LogP contribution in [0.4, 0.5) is 0 Å². The zero-order chi connectivity index (χ0) is 25.8. The molecule has 3 aromatic carbocycles. The molecule has 0 bridgehead atoms. The van der Waals surface area contributed by atoms with Gasteiger partial charge in [-0.05, 0) is 48.1 Å². The molecule has 0 fully saturated rings. The number of benzene rings is 3. The molecule has 0 aromatic heterocycles. The molecular formula is C29H32N2O5. The average molecular weight is 489 g/mol. The first-order valence-corrected chi connectivity index (χ1v) is 12.0. The molecule has 1 unspecified atom stereocenters. The van der Waals surface area contributed by atoms with Crippen molar-refractivity contribution in [3.8, 4) is 28.7 Å². The first-order chi connectivity index (χ1) is 17.5. The molecule has 1 atom stereocenters. The molecule has 0 amide bonds. The molecule has 0 aliphatic carbocycles. The standard InChI is InChI=1S/C29H32N2O5/c1-21-24(11-8-12-26(21)22-9-4-2-5-10-22)20-36-25-14-13-23(18-31-27(19-32)29(33)34)28(17-25)35-16-7-3-6-15-30/h2,4-5,8-14,17,27,31-32H,3,6-7,16,18-20H2,1H3,(H,33,34). The molecule has 3 N–H and O–H groups in total. The number of aliphatic hydroxyl groups excluding tert-OH is 1. The Morgan fingerprint density at radius 2 is 1.83 bits per heavy atom. The number of nitrogens with zero attached hydrogens (tertiary/aromatic N) is 1. The maximum absolute atomic E-state index is 11.2. The number of carboxylic acids is 1. The summed E-state index contributed by atoms with van der Waals surface area (Å²) < 4.78 is 12.1. The highest BCUT2D eigenvalue weighted by Crippen LogP contribution is 2.29. The van der Waals surface area contributed by atoms with E-state index in [1.165, 1.54) is 0 Å². The molecule has 0 saturated heterocycles. The molecule has 0 heterocycles. The number of hydrogen-bond donors (Lipinski definition) is 3. The van der Waals surface area contributed by atoms with Crippen molar-refractivity contribution in [2.75, 3.05) is 13.2 Å². The zero-order valence-corrected chi connectivity index (χ0v) is 20.4. The van der Waals surface area contributed by atoms with Gasteiger partial charge < -0.3 is 19.7 Å². The van der Waals surface area contributed by atoms with Crippen LogP contribution in [-0.4, -0.2) is 35.4 Å². The lowest BCUT2D eigenvalue weighted by atomic mass is 9.97. The third-order valence-corrected chi connectivity index (χ3v) is 5.92. The molecule has 0 radical (unpaired) electrons. The van der Waals surface area contributed by atoms with Crippen LogP contribution in [-0.2, 0) is 17.9 Å². The molecule has 7 heteroatoms. The average Bonchev–Trinajstić information content (AvgIpc) is 2.89. The number of nitrogens with one attached hydrogen (secondary N) is 1. The molecule has 0 aliphatic heterocycles. The van der Waals surface area contributed by atoms with Crippen LogP contribution in [0.15, 0.2) is 66.7 Å². The summed E-state index contributed by atoms with van der Waals surface area (Å²) in [6.07, 6.45) is 1.94. The molecule has 3 aromatic rings. The van der Waals surface area contributed by atoms with Crippen LogP contribution in [0.5, 0.6) is 11.5 Å². The van der Waals surface area contributed by atoms with Crippen molar-refractivity contribution in [3.63, 3.8) is 0 Å². The van der Waals surface area contributed by atoms with E-state index in [-0.39, 0.29) is 6.54 Å². The normalized spacial score (nSPS) is 11.5. The number of ether oxygens (including phenoxy) is 2. The minimum atomic E-state index is -1.12. The number of hydrogen-bond acceptors (Lipinski definition) is 6. The van der Waals surface area contributed by atoms with Gasteiger partial charge in [0.1, 0.15) is 24.1 Å². The lowest BCUT2D eigenvalue weighted by molar-refractivity contribution is -0.140. The highest BCUT2D eigenvalue weighted by atomic mass is 16.5. The summed E-state index contributed by atoms with van der Waals surface area (Å²) in [5, 5.41) is 30.0. The number of nitriles is 1. The van der Waals surface area contributed by atoms with E-state index in [1.807, 2.05) is 42.5 Å². The van der Waals surface area contributed by atoms with E-state index in [1.54, 1.807) is 6.07 Å². The van der Waals surface area contributed by atoms with Crippen LogP contribution >= 0.6 is 0 Å². The Bertz CT molecular complexity index is 1170. The highest BCUT2D eigenvalue weighted by Gasteiger charge is 2.17. The summed E-state index contributed by atoms with van der Waals surface area (Å²) in [6.45, 7) is 2.60. The predicted molar refractivity (Wildman–Crippen MR) is 138 cm³/mol. The Hall–Kier alpha value is -3.86. The number of carbonyl (C=O) groups is 1. The van der Waals surface area contributed by atoms with E-state index in [2.05, 4.69) is 36.5 Å². The van der Waals surface area contributed by atoms with Gasteiger partial charge in [0.25, 0.3) is 0 Å². The molecule has 0 saturated carbocycles. The fraction of sp³-hybridized carbons (Fsp3) is 0.310. The lowest BCUT2D eigenvalue weighted by Gasteiger charge is -2.17. The first kappa shape index (κ1) is 26.7. The van der Waals surface area contributed by atoms with E-state index in [4.69, 9.17) is 14.7 Å². The van der Waals surface area contributed by atoms with Crippen LogP contribution in [0.1, 0.15) is 36.0 Å². The van der Waals surface area contributed by atoms with E-state index in [0.29, 0.717) is 31.1 Å². The summed E-state index contributed by atoms with van der Waals surface area (Å²) in [7, 11) is 0. The maximum atomic E-state index is 11.2. The topological polar surface area (TPSA) is 112 Å². The zero-order valence-electron chi connectivity index (χ0n) is 20.4. The van der Waals surface area contributed by atoms with Gasteiger partial charge >= 0.3 is 5.97 Å². The fourth-order valence-corrected chi connectivity index (χ4v) is 3.79. The van der Waals surface area contributed by atoms with Gasteiger partial charge in [0, 0.05) is 24.6 Å². The smallest absolute Gasteiger partial charge is 0.323 e. The Morgan fingerprint density at radius 3 is 2.56 bits per heavy atom. The predicted octanol–water partition coefficient (Wildman–Crippen LogP) is 4.85. The fourth-order valence-electron chi connectivity index (χ4n) is 3.79. The van der Waals surface area contributed by atoms with Crippen LogP contribution < -0.4 is 14.8 Å². The Morgan fingerprint density at radius 1 is 1.03 bits per heavy atom. The molecule has 3 rings (SSSR count). The monoisotopic (exact) mass is 488 g/mol. The van der Waals surface area contributed by atoms with E-state index in [0.717, 1.165) is 40.7 Å². The van der Waals surface area contributed by atoms with Crippen molar-refractivity contribution in [1.29, 1.82) is 5.26 Å². The minimum Gasteiger partial charge on any atom is -0.493 e. The summed E-state index contributed by atoms with van der Waals surface area (Å²) in [6, 6.07) is 22.9. The summed E-state index contributed by atoms with van der Waals surface area (Å²) in [4.78, 5) is 11.2. The van der Waals surface area contributed by atoms with Crippen LogP contribution in [0.25, 0.3) is 11.1 Å². The summed E-state index contributed by atoms with van der Waals surface area (Å²) >= 11 is 0. The highest BCUT2D eigenvalue weighted by molar-refractivity contribution is 5.73. The van der Waals surface area contributed by atoms with Gasteiger partial charge in [-0.2, -0.15) is 5.26 Å². The van der Waals surface area contributed by atoms with Crippen molar-refractivity contribution < 1.29 is 24.5 Å². The van der Waals surface area contributed by atoms with Crippen molar-refractivity contribution in [1.82, 2.24) is 5.32 Å². The molecule has 7 nitrogen and oxygen atoms in total. The molecule has 36 heavy (non-hydrogen) atoms. The molecular weight excluding hydrogens is 456 g/mol. The quantitative estimate of drug-likeness (QED) is 0.278. The second-order valence-corrected chi connectivity index (χ2v) is 8.43. The van der Waals surface area contributed by atoms with Crippen LogP contribution in [0.3, 0.4) is 0 Å². The summed E-state index contributed by atoms with van der Waals surface area (Å²) in [5.74, 6) is 0.0885. The van der Waals surface area contributed by atoms with Gasteiger partial charge in [0.05, 0.1) is 19.3 Å². The summed E-state index contributed by atoms with van der Waals surface area (Å²) in [5.41, 5.74) is 5.31. The third-order valence-electron chi connectivity index (χ3n) is 5.92. The second kappa shape index (κ2) is 13.9. The Labute approximate surface area is 211 Å². The van der Waals surface area contributed by atoms with E-state index >= 15 is 0 Å². The lowest BCUT2D eigenvalue weighted by Crippen LogP contribution is -2.39. The van der Waals surface area contributed by atoms with E-state index < -0.39 is 18.6 Å². The maximum Gasteiger partial charge on any atom is 0.323 e. The Balaban J connectivity index is 1.73. The number of aliphatic carboxylic acids is 1. The van der Waals surface area contributed by atoms with Gasteiger partial charge in [0.2, 0.25) is 0 Å². The van der Waals surface area contributed by atoms with Gasteiger partial charge in [-0.25, -0.2) is 0 Å².